The minimum absolute atomic E-state index is 0.261. The highest BCUT2D eigenvalue weighted by Gasteiger charge is 2.31. The van der Waals surface area contributed by atoms with Gasteiger partial charge in [-0.15, -0.1) is 0 Å². The van der Waals surface area contributed by atoms with Crippen molar-refractivity contribution in [3.05, 3.63) is 59.4 Å². The van der Waals surface area contributed by atoms with E-state index in [0.717, 1.165) is 12.1 Å². The van der Waals surface area contributed by atoms with Crippen LogP contribution in [0.4, 0.5) is 0 Å². The lowest BCUT2D eigenvalue weighted by Gasteiger charge is -2.08. The van der Waals surface area contributed by atoms with Gasteiger partial charge in [0, 0.05) is 18.9 Å². The van der Waals surface area contributed by atoms with Gasteiger partial charge in [0.25, 0.3) is 0 Å². The summed E-state index contributed by atoms with van der Waals surface area (Å²) in [6, 6.07) is 10.5. The molecule has 3 rings (SSSR count). The zero-order valence-electron chi connectivity index (χ0n) is 10.7. The van der Waals surface area contributed by atoms with E-state index in [1.54, 1.807) is 0 Å². The van der Waals surface area contributed by atoms with Crippen molar-refractivity contribution in [3.63, 3.8) is 0 Å². The van der Waals surface area contributed by atoms with Crippen molar-refractivity contribution in [2.24, 2.45) is 5.92 Å². The number of benzene rings is 1. The Morgan fingerprint density at radius 2 is 2.06 bits per heavy atom. The molecule has 94 valence electrons. The number of rotatable bonds is 4. The number of hydrogen-bond acceptors (Lipinski definition) is 1. The third-order valence-corrected chi connectivity index (χ3v) is 3.80. The van der Waals surface area contributed by atoms with Crippen LogP contribution in [0.25, 0.3) is 0 Å². The second-order valence-electron chi connectivity index (χ2n) is 5.33. The quantitative estimate of drug-likeness (QED) is 0.873. The van der Waals surface area contributed by atoms with Crippen LogP contribution < -0.4 is 0 Å². The summed E-state index contributed by atoms with van der Waals surface area (Å²) in [6.45, 7) is 3.02. The van der Waals surface area contributed by atoms with Crippen LogP contribution in [0.3, 0.4) is 0 Å². The molecule has 2 aromatic rings. The largest absolute Gasteiger partial charge is 0.388 e. The minimum Gasteiger partial charge on any atom is -0.388 e. The molecule has 1 unspecified atom stereocenters. The first-order chi connectivity index (χ1) is 8.74. The van der Waals surface area contributed by atoms with E-state index in [1.165, 1.54) is 24.0 Å². The summed E-state index contributed by atoms with van der Waals surface area (Å²) in [6.07, 6.45) is 6.22. The van der Waals surface area contributed by atoms with Crippen molar-refractivity contribution in [2.75, 3.05) is 0 Å². The third-order valence-electron chi connectivity index (χ3n) is 3.80. The van der Waals surface area contributed by atoms with Crippen LogP contribution in [0.15, 0.2) is 42.7 Å². The van der Waals surface area contributed by atoms with Crippen LogP contribution in [-0.2, 0) is 6.54 Å². The van der Waals surface area contributed by atoms with E-state index in [2.05, 4.69) is 48.1 Å². The van der Waals surface area contributed by atoms with E-state index in [1.807, 2.05) is 6.07 Å². The predicted molar refractivity (Wildman–Crippen MR) is 72.4 cm³/mol. The Bertz CT molecular complexity index is 540. The summed E-state index contributed by atoms with van der Waals surface area (Å²) in [5.41, 5.74) is 3.71. The molecule has 1 fully saturated rings. The molecule has 2 nitrogen and oxygen atoms in total. The van der Waals surface area contributed by atoms with E-state index >= 15 is 0 Å². The first kappa shape index (κ1) is 11.5. The van der Waals surface area contributed by atoms with Crippen molar-refractivity contribution < 1.29 is 5.11 Å². The van der Waals surface area contributed by atoms with E-state index < -0.39 is 0 Å². The summed E-state index contributed by atoms with van der Waals surface area (Å²) < 4.78 is 2.16. The van der Waals surface area contributed by atoms with Crippen molar-refractivity contribution >= 4 is 0 Å². The number of aliphatic hydroxyl groups is 1. The molecule has 1 heterocycles. The number of nitrogens with zero attached hydrogens (tertiary/aromatic N) is 1. The Balaban J connectivity index is 1.75. The lowest BCUT2D eigenvalue weighted by Crippen LogP contribution is -2.00. The molecule has 1 N–H and O–H groups in total. The van der Waals surface area contributed by atoms with Crippen molar-refractivity contribution in [1.29, 1.82) is 0 Å². The number of aryl methyl sites for hydroxylation is 1. The summed E-state index contributed by atoms with van der Waals surface area (Å²) in [4.78, 5) is 0. The maximum absolute atomic E-state index is 10.1. The average molecular weight is 241 g/mol. The Hall–Kier alpha value is -1.54. The van der Waals surface area contributed by atoms with Gasteiger partial charge in [-0.3, -0.25) is 0 Å². The van der Waals surface area contributed by atoms with E-state index in [0.29, 0.717) is 5.92 Å². The molecule has 0 spiro atoms. The Morgan fingerprint density at radius 3 is 2.78 bits per heavy atom. The molecule has 1 aliphatic carbocycles. The molecule has 1 aromatic carbocycles. The number of aromatic nitrogens is 1. The normalized spacial score (nSPS) is 16.8. The molecule has 2 heteroatoms. The van der Waals surface area contributed by atoms with Crippen LogP contribution >= 0.6 is 0 Å². The maximum atomic E-state index is 10.1. The van der Waals surface area contributed by atoms with Crippen LogP contribution in [0.2, 0.25) is 0 Å². The van der Waals surface area contributed by atoms with Crippen LogP contribution in [0, 0.1) is 12.8 Å². The summed E-state index contributed by atoms with van der Waals surface area (Å²) in [5.74, 6) is 0.499. The molecule has 1 saturated carbocycles. The minimum atomic E-state index is -0.261. The second-order valence-corrected chi connectivity index (χ2v) is 5.33. The molecule has 1 atom stereocenters. The standard InChI is InChI=1S/C16H19NO/c1-12-4-2-3-5-14(12)10-17-9-8-15(11-17)16(18)13-6-7-13/h2-5,8-9,11,13,16,18H,6-7,10H2,1H3. The lowest BCUT2D eigenvalue weighted by atomic mass is 10.1. The average Bonchev–Trinajstić information content (AvgIpc) is 3.12. The smallest absolute Gasteiger partial charge is 0.0832 e. The molecule has 1 aliphatic rings. The highest BCUT2D eigenvalue weighted by molar-refractivity contribution is 5.26. The third kappa shape index (κ3) is 2.34. The van der Waals surface area contributed by atoms with Gasteiger partial charge in [0.2, 0.25) is 0 Å². The summed E-state index contributed by atoms with van der Waals surface area (Å²) in [7, 11) is 0. The molecular weight excluding hydrogens is 222 g/mol. The SMILES string of the molecule is Cc1ccccc1Cn1ccc(C(O)C2CC2)c1. The first-order valence-electron chi connectivity index (χ1n) is 6.62. The molecule has 0 bridgehead atoms. The zero-order chi connectivity index (χ0) is 12.5. The maximum Gasteiger partial charge on any atom is 0.0832 e. The molecule has 0 amide bonds. The van der Waals surface area contributed by atoms with E-state index in [4.69, 9.17) is 0 Å². The van der Waals surface area contributed by atoms with E-state index in [9.17, 15) is 5.11 Å². The van der Waals surface area contributed by atoms with Gasteiger partial charge < -0.3 is 9.67 Å². The van der Waals surface area contributed by atoms with Crippen molar-refractivity contribution in [2.45, 2.75) is 32.4 Å². The van der Waals surface area contributed by atoms with Gasteiger partial charge >= 0.3 is 0 Å². The molecule has 0 saturated heterocycles. The van der Waals surface area contributed by atoms with Crippen LogP contribution in [0.1, 0.15) is 35.6 Å². The first-order valence-corrected chi connectivity index (χ1v) is 6.62. The molecular formula is C16H19NO. The number of hydrogen-bond donors (Lipinski definition) is 1. The van der Waals surface area contributed by atoms with E-state index in [-0.39, 0.29) is 6.10 Å². The Kier molecular flexibility index (Phi) is 2.96. The van der Waals surface area contributed by atoms with Crippen LogP contribution in [0.5, 0.6) is 0 Å². The van der Waals surface area contributed by atoms with Crippen molar-refractivity contribution in [1.82, 2.24) is 4.57 Å². The second kappa shape index (κ2) is 4.62. The summed E-state index contributed by atoms with van der Waals surface area (Å²) in [5, 5.41) is 10.1. The van der Waals surface area contributed by atoms with Gasteiger partial charge in [-0.05, 0) is 48.4 Å². The Labute approximate surface area is 108 Å². The highest BCUT2D eigenvalue weighted by atomic mass is 16.3. The van der Waals surface area contributed by atoms with Gasteiger partial charge in [-0.2, -0.15) is 0 Å². The fourth-order valence-corrected chi connectivity index (χ4v) is 2.40. The highest BCUT2D eigenvalue weighted by Crippen LogP contribution is 2.40. The van der Waals surface area contributed by atoms with Gasteiger partial charge in [0.15, 0.2) is 0 Å². The van der Waals surface area contributed by atoms with Crippen LogP contribution in [-0.4, -0.2) is 9.67 Å². The molecule has 0 aliphatic heterocycles. The fourth-order valence-electron chi connectivity index (χ4n) is 2.40. The predicted octanol–water partition coefficient (Wildman–Crippen LogP) is 3.29. The lowest BCUT2D eigenvalue weighted by molar-refractivity contribution is 0.154. The Morgan fingerprint density at radius 1 is 1.28 bits per heavy atom. The molecule has 0 radical (unpaired) electrons. The molecule has 1 aromatic heterocycles. The van der Waals surface area contributed by atoms with Gasteiger partial charge in [-0.25, -0.2) is 0 Å². The fraction of sp³-hybridized carbons (Fsp3) is 0.375. The van der Waals surface area contributed by atoms with Crippen molar-refractivity contribution in [3.8, 4) is 0 Å². The summed E-state index contributed by atoms with van der Waals surface area (Å²) >= 11 is 0. The zero-order valence-corrected chi connectivity index (χ0v) is 10.7. The molecule has 18 heavy (non-hydrogen) atoms. The number of aliphatic hydroxyl groups excluding tert-OH is 1. The van der Waals surface area contributed by atoms with Gasteiger partial charge in [0.05, 0.1) is 6.10 Å². The van der Waals surface area contributed by atoms with Gasteiger partial charge in [0.1, 0.15) is 0 Å². The van der Waals surface area contributed by atoms with Gasteiger partial charge in [-0.1, -0.05) is 24.3 Å². The monoisotopic (exact) mass is 241 g/mol. The topological polar surface area (TPSA) is 25.2 Å².